The molecule has 6 aromatic rings. The van der Waals surface area contributed by atoms with Crippen molar-refractivity contribution in [1.82, 2.24) is 10.6 Å². The first-order valence-electron chi connectivity index (χ1n) is 17.1. The van der Waals surface area contributed by atoms with Crippen LogP contribution in [0.2, 0.25) is 0 Å². The second-order valence-corrected chi connectivity index (χ2v) is 14.2. The van der Waals surface area contributed by atoms with Gasteiger partial charge in [0.1, 0.15) is 45.6 Å². The maximum Gasteiger partial charge on any atom is 0.332 e. The van der Waals surface area contributed by atoms with Gasteiger partial charge in [-0.25, -0.2) is 9.59 Å². The minimum absolute atomic E-state index is 0.246. The Morgan fingerprint density at radius 3 is 1.41 bits per heavy atom. The lowest BCUT2D eigenvalue weighted by Crippen LogP contribution is -2.34. The standard InChI is InChI=1S/C42H36N4O6S2/c1-45-39(23-35(27-11-5-3-6-12-27)49-33-15-9-17-37-31(33)21-29(25-43)53-37)51-41(47)19-20-42(48)52-40(46-2)24-36(28-13-7-4-8-14-28)50-34-16-10-18-38-32(34)22-30(26-44)54-38/h3-22,35-36,39-40,45-46H,23-24H2,1-2H3/b20-19+/t35-,36-,39?,40?/m0/s1. The zero-order chi connectivity index (χ0) is 37.9. The molecule has 10 nitrogen and oxygen atoms in total. The third-order valence-electron chi connectivity index (χ3n) is 8.52. The lowest BCUT2D eigenvalue weighted by atomic mass is 10.1. The Bertz CT molecular complexity index is 2160. The van der Waals surface area contributed by atoms with Crippen LogP contribution in [0.4, 0.5) is 0 Å². The molecule has 0 amide bonds. The van der Waals surface area contributed by atoms with Crippen molar-refractivity contribution in [3.05, 3.63) is 142 Å². The summed E-state index contributed by atoms with van der Waals surface area (Å²) in [6, 6.07) is 38.5. The molecule has 12 heteroatoms. The number of esters is 2. The van der Waals surface area contributed by atoms with Crippen LogP contribution in [0.1, 0.15) is 45.9 Å². The van der Waals surface area contributed by atoms with Crippen LogP contribution < -0.4 is 20.1 Å². The van der Waals surface area contributed by atoms with E-state index in [-0.39, 0.29) is 12.8 Å². The Balaban J connectivity index is 1.10. The number of nitrogens with one attached hydrogen (secondary N) is 2. The van der Waals surface area contributed by atoms with E-state index in [0.717, 1.165) is 43.5 Å². The van der Waals surface area contributed by atoms with Gasteiger partial charge in [0.05, 0.1) is 0 Å². The maximum absolute atomic E-state index is 13.0. The second-order valence-electron chi connectivity index (χ2n) is 12.0. The zero-order valence-corrected chi connectivity index (χ0v) is 31.1. The van der Waals surface area contributed by atoms with E-state index < -0.39 is 36.6 Å². The van der Waals surface area contributed by atoms with E-state index in [0.29, 0.717) is 21.3 Å². The van der Waals surface area contributed by atoms with E-state index >= 15 is 0 Å². The van der Waals surface area contributed by atoms with E-state index in [4.69, 9.17) is 18.9 Å². The molecule has 2 heterocycles. The first kappa shape index (κ1) is 37.7. The van der Waals surface area contributed by atoms with Crippen molar-refractivity contribution >= 4 is 54.8 Å². The van der Waals surface area contributed by atoms with Gasteiger partial charge < -0.3 is 18.9 Å². The Hall–Kier alpha value is -6.02. The Labute approximate surface area is 320 Å². The molecule has 0 aliphatic heterocycles. The summed E-state index contributed by atoms with van der Waals surface area (Å²) in [5.74, 6) is -0.273. The van der Waals surface area contributed by atoms with E-state index in [9.17, 15) is 20.1 Å². The average Bonchev–Trinajstić information content (AvgIpc) is 3.85. The number of carbonyl (C=O) groups is 2. The number of nitrogens with zero attached hydrogens (tertiary/aromatic N) is 2. The molecular weight excluding hydrogens is 721 g/mol. The van der Waals surface area contributed by atoms with Gasteiger partial charge in [-0.2, -0.15) is 10.5 Å². The predicted octanol–water partition coefficient (Wildman–Crippen LogP) is 8.31. The maximum atomic E-state index is 13.0. The second kappa shape index (κ2) is 18.1. The first-order chi connectivity index (χ1) is 26.4. The molecule has 0 radical (unpaired) electrons. The molecule has 0 saturated carbocycles. The van der Waals surface area contributed by atoms with E-state index in [1.54, 1.807) is 14.1 Å². The van der Waals surface area contributed by atoms with E-state index in [2.05, 4.69) is 22.8 Å². The SMILES string of the molecule is CNC(C[C@H](Oc1cccc2sc(C#N)cc12)c1ccccc1)OC(=O)/C=C/C(=O)OC(C[C@H](Oc1cccc2sc(C#N)cc12)c1ccccc1)NC. The number of hydrogen-bond acceptors (Lipinski definition) is 12. The molecule has 54 heavy (non-hydrogen) atoms. The predicted molar refractivity (Wildman–Crippen MR) is 209 cm³/mol. The number of carbonyl (C=O) groups excluding carboxylic acids is 2. The fourth-order valence-corrected chi connectivity index (χ4v) is 7.62. The van der Waals surface area contributed by atoms with Gasteiger partial charge in [0.2, 0.25) is 0 Å². The number of rotatable bonds is 16. The minimum atomic E-state index is -0.773. The molecule has 6 rings (SSSR count). The first-order valence-corrected chi connectivity index (χ1v) is 18.7. The third kappa shape index (κ3) is 9.50. The molecule has 0 saturated heterocycles. The Morgan fingerprint density at radius 1 is 0.630 bits per heavy atom. The topological polar surface area (TPSA) is 143 Å². The van der Waals surface area contributed by atoms with Crippen LogP contribution in [-0.2, 0) is 19.1 Å². The molecule has 2 unspecified atom stereocenters. The number of hydrogen-bond donors (Lipinski definition) is 2. The summed E-state index contributed by atoms with van der Waals surface area (Å²) in [7, 11) is 3.33. The molecule has 0 bridgehead atoms. The van der Waals surface area contributed by atoms with Crippen molar-refractivity contribution < 1.29 is 28.5 Å². The number of benzene rings is 4. The van der Waals surface area contributed by atoms with Crippen LogP contribution in [0.15, 0.2) is 121 Å². The van der Waals surface area contributed by atoms with Crippen LogP contribution in [-0.4, -0.2) is 38.5 Å². The van der Waals surface area contributed by atoms with Gasteiger partial charge in [0.25, 0.3) is 0 Å². The van der Waals surface area contributed by atoms with Gasteiger partial charge in [-0.05, 0) is 61.6 Å². The molecule has 0 aliphatic carbocycles. The smallest absolute Gasteiger partial charge is 0.332 e. The summed E-state index contributed by atoms with van der Waals surface area (Å²) in [6.45, 7) is 0. The molecule has 4 atom stereocenters. The lowest BCUT2D eigenvalue weighted by molar-refractivity contribution is -0.148. The molecule has 0 fully saturated rings. The van der Waals surface area contributed by atoms with Crippen molar-refractivity contribution in [3.8, 4) is 23.6 Å². The Kier molecular flexibility index (Phi) is 12.7. The number of ether oxygens (including phenoxy) is 4. The van der Waals surface area contributed by atoms with Crippen LogP contribution in [0.25, 0.3) is 20.2 Å². The van der Waals surface area contributed by atoms with Gasteiger partial charge >= 0.3 is 11.9 Å². The van der Waals surface area contributed by atoms with Crippen molar-refractivity contribution in [2.24, 2.45) is 0 Å². The highest BCUT2D eigenvalue weighted by molar-refractivity contribution is 7.19. The largest absolute Gasteiger partial charge is 0.485 e. The van der Waals surface area contributed by atoms with Gasteiger partial charge in [0, 0.05) is 45.2 Å². The summed E-state index contributed by atoms with van der Waals surface area (Å²) in [5.41, 5.74) is 1.74. The molecule has 272 valence electrons. The van der Waals surface area contributed by atoms with Gasteiger partial charge in [0.15, 0.2) is 12.5 Å². The zero-order valence-electron chi connectivity index (χ0n) is 29.4. The molecule has 2 N–H and O–H groups in total. The van der Waals surface area contributed by atoms with Gasteiger partial charge in [-0.1, -0.05) is 72.8 Å². The number of fused-ring (bicyclic) bond motifs is 2. The summed E-state index contributed by atoms with van der Waals surface area (Å²) >= 11 is 2.78. The average molecular weight is 757 g/mol. The number of thiophene rings is 2. The highest BCUT2D eigenvalue weighted by Crippen LogP contribution is 2.37. The van der Waals surface area contributed by atoms with E-state index in [1.165, 1.54) is 22.7 Å². The third-order valence-corrected chi connectivity index (χ3v) is 10.5. The fraction of sp³-hybridized carbons (Fsp3) is 0.190. The van der Waals surface area contributed by atoms with Gasteiger partial charge in [-0.15, -0.1) is 22.7 Å². The van der Waals surface area contributed by atoms with Crippen LogP contribution in [0, 0.1) is 22.7 Å². The summed E-state index contributed by atoms with van der Waals surface area (Å²) in [5, 5.41) is 26.6. The van der Waals surface area contributed by atoms with Crippen molar-refractivity contribution in [2.45, 2.75) is 37.5 Å². The normalized spacial score (nSPS) is 13.4. The summed E-state index contributed by atoms with van der Waals surface area (Å²) in [6.07, 6.45) is -0.0252. The van der Waals surface area contributed by atoms with Crippen LogP contribution in [0.3, 0.4) is 0 Å². The van der Waals surface area contributed by atoms with Crippen LogP contribution >= 0.6 is 22.7 Å². The highest BCUT2D eigenvalue weighted by atomic mass is 32.1. The molecule has 0 spiro atoms. The van der Waals surface area contributed by atoms with Gasteiger partial charge in [-0.3, -0.25) is 10.6 Å². The Morgan fingerprint density at radius 2 is 1.04 bits per heavy atom. The van der Waals surface area contributed by atoms with Crippen molar-refractivity contribution in [2.75, 3.05) is 14.1 Å². The highest BCUT2D eigenvalue weighted by Gasteiger charge is 2.25. The fourth-order valence-electron chi connectivity index (χ4n) is 5.86. The van der Waals surface area contributed by atoms with Crippen LogP contribution in [0.5, 0.6) is 11.5 Å². The van der Waals surface area contributed by atoms with Crippen molar-refractivity contribution in [1.29, 1.82) is 10.5 Å². The lowest BCUT2D eigenvalue weighted by Gasteiger charge is -2.25. The summed E-state index contributed by atoms with van der Waals surface area (Å²) in [4.78, 5) is 27.1. The summed E-state index contributed by atoms with van der Waals surface area (Å²) < 4.78 is 26.3. The quantitative estimate of drug-likeness (QED) is 0.0563. The molecule has 4 aromatic carbocycles. The van der Waals surface area contributed by atoms with Crippen molar-refractivity contribution in [3.63, 3.8) is 0 Å². The number of nitriles is 2. The van der Waals surface area contributed by atoms with E-state index in [1.807, 2.05) is 109 Å². The molecular formula is C42H36N4O6S2. The molecule has 2 aromatic heterocycles. The minimum Gasteiger partial charge on any atom is -0.485 e. The molecule has 0 aliphatic rings. The monoisotopic (exact) mass is 756 g/mol.